The molecule has 1 atom stereocenters. The molecular formula is C12H18O3. The first kappa shape index (κ1) is 10.7. The van der Waals surface area contributed by atoms with Gasteiger partial charge in [-0.1, -0.05) is 20.3 Å². The molecule has 1 saturated heterocycles. The van der Waals surface area contributed by atoms with E-state index in [4.69, 9.17) is 13.9 Å². The molecule has 1 aromatic rings. The van der Waals surface area contributed by atoms with Crippen molar-refractivity contribution in [3.8, 4) is 0 Å². The van der Waals surface area contributed by atoms with Gasteiger partial charge in [0.05, 0.1) is 19.5 Å². The molecule has 2 heterocycles. The first-order chi connectivity index (χ1) is 7.29. The number of furan rings is 1. The predicted octanol–water partition coefficient (Wildman–Crippen LogP) is 2.92. The number of rotatable bonds is 4. The van der Waals surface area contributed by atoms with Crippen LogP contribution in [0, 0.1) is 5.92 Å². The predicted molar refractivity (Wildman–Crippen MR) is 56.4 cm³/mol. The number of hydrogen-bond acceptors (Lipinski definition) is 3. The van der Waals surface area contributed by atoms with E-state index in [-0.39, 0.29) is 0 Å². The van der Waals surface area contributed by atoms with E-state index in [1.165, 1.54) is 0 Å². The highest BCUT2D eigenvalue weighted by Gasteiger charge is 2.45. The fourth-order valence-electron chi connectivity index (χ4n) is 2.20. The minimum atomic E-state index is -0.639. The zero-order chi connectivity index (χ0) is 10.7. The SMILES string of the molecule is CCCC(C)C1(c2ccco2)OCCO1. The Bertz CT molecular complexity index is 286. The summed E-state index contributed by atoms with van der Waals surface area (Å²) in [6, 6.07) is 3.80. The maximum atomic E-state index is 5.78. The van der Waals surface area contributed by atoms with Crippen molar-refractivity contribution in [1.29, 1.82) is 0 Å². The normalized spacial score (nSPS) is 21.7. The lowest BCUT2D eigenvalue weighted by atomic mass is 9.93. The maximum Gasteiger partial charge on any atom is 0.231 e. The van der Waals surface area contributed by atoms with Gasteiger partial charge in [0, 0.05) is 5.92 Å². The smallest absolute Gasteiger partial charge is 0.231 e. The fraction of sp³-hybridized carbons (Fsp3) is 0.667. The van der Waals surface area contributed by atoms with Crippen molar-refractivity contribution < 1.29 is 13.9 Å². The minimum Gasteiger partial charge on any atom is -0.464 e. The highest BCUT2D eigenvalue weighted by Crippen LogP contribution is 2.40. The van der Waals surface area contributed by atoms with Gasteiger partial charge >= 0.3 is 0 Å². The summed E-state index contributed by atoms with van der Waals surface area (Å²) in [5.41, 5.74) is 0. The van der Waals surface area contributed by atoms with E-state index in [2.05, 4.69) is 13.8 Å². The average molecular weight is 210 g/mol. The molecule has 1 unspecified atom stereocenters. The van der Waals surface area contributed by atoms with Gasteiger partial charge in [-0.25, -0.2) is 0 Å². The third-order valence-electron chi connectivity index (χ3n) is 2.95. The second-order valence-electron chi connectivity index (χ2n) is 4.03. The van der Waals surface area contributed by atoms with Crippen molar-refractivity contribution in [3.63, 3.8) is 0 Å². The molecule has 1 aliphatic heterocycles. The zero-order valence-corrected chi connectivity index (χ0v) is 9.36. The summed E-state index contributed by atoms with van der Waals surface area (Å²) in [6.07, 6.45) is 3.86. The lowest BCUT2D eigenvalue weighted by molar-refractivity contribution is -0.214. The van der Waals surface area contributed by atoms with Crippen molar-refractivity contribution in [1.82, 2.24) is 0 Å². The van der Waals surface area contributed by atoms with E-state index in [1.807, 2.05) is 12.1 Å². The Labute approximate surface area is 90.4 Å². The molecule has 1 aromatic heterocycles. The second-order valence-corrected chi connectivity index (χ2v) is 4.03. The van der Waals surface area contributed by atoms with Crippen molar-refractivity contribution in [2.45, 2.75) is 32.5 Å². The van der Waals surface area contributed by atoms with Crippen LogP contribution in [0.25, 0.3) is 0 Å². The van der Waals surface area contributed by atoms with E-state index in [0.29, 0.717) is 19.1 Å². The van der Waals surface area contributed by atoms with Gasteiger partial charge < -0.3 is 13.9 Å². The molecule has 0 N–H and O–H groups in total. The van der Waals surface area contributed by atoms with Gasteiger partial charge in [0.25, 0.3) is 0 Å². The number of hydrogen-bond donors (Lipinski definition) is 0. The molecule has 3 nitrogen and oxygen atoms in total. The summed E-state index contributed by atoms with van der Waals surface area (Å²) < 4.78 is 17.0. The first-order valence-electron chi connectivity index (χ1n) is 5.61. The van der Waals surface area contributed by atoms with Gasteiger partial charge in [0.1, 0.15) is 0 Å². The molecule has 0 saturated carbocycles. The molecule has 3 heteroatoms. The summed E-state index contributed by atoms with van der Waals surface area (Å²) in [6.45, 7) is 5.61. The van der Waals surface area contributed by atoms with Gasteiger partial charge in [-0.2, -0.15) is 0 Å². The summed E-state index contributed by atoms with van der Waals surface area (Å²) >= 11 is 0. The van der Waals surface area contributed by atoms with Gasteiger partial charge in [0.2, 0.25) is 5.79 Å². The number of ether oxygens (including phenoxy) is 2. The Hall–Kier alpha value is -0.800. The monoisotopic (exact) mass is 210 g/mol. The van der Waals surface area contributed by atoms with E-state index >= 15 is 0 Å². The molecule has 2 rings (SSSR count). The maximum absolute atomic E-state index is 5.78. The topological polar surface area (TPSA) is 31.6 Å². The molecule has 1 fully saturated rings. The van der Waals surface area contributed by atoms with E-state index in [0.717, 1.165) is 18.6 Å². The Morgan fingerprint density at radius 2 is 2.13 bits per heavy atom. The fourth-order valence-corrected chi connectivity index (χ4v) is 2.20. The molecule has 15 heavy (non-hydrogen) atoms. The van der Waals surface area contributed by atoms with E-state index < -0.39 is 5.79 Å². The Morgan fingerprint density at radius 1 is 1.40 bits per heavy atom. The van der Waals surface area contributed by atoms with Crippen molar-refractivity contribution in [2.75, 3.05) is 13.2 Å². The van der Waals surface area contributed by atoms with Crippen molar-refractivity contribution >= 4 is 0 Å². The van der Waals surface area contributed by atoms with Crippen molar-refractivity contribution in [3.05, 3.63) is 24.2 Å². The average Bonchev–Trinajstić information content (AvgIpc) is 2.90. The molecular weight excluding hydrogens is 192 g/mol. The van der Waals surface area contributed by atoms with Crippen LogP contribution in [-0.2, 0) is 15.3 Å². The molecule has 1 aliphatic rings. The van der Waals surface area contributed by atoms with Gasteiger partial charge in [0.15, 0.2) is 5.76 Å². The third-order valence-corrected chi connectivity index (χ3v) is 2.95. The van der Waals surface area contributed by atoms with Gasteiger partial charge in [-0.05, 0) is 18.6 Å². The molecule has 0 bridgehead atoms. The van der Waals surface area contributed by atoms with E-state index in [1.54, 1.807) is 6.26 Å². The van der Waals surface area contributed by atoms with E-state index in [9.17, 15) is 0 Å². The van der Waals surface area contributed by atoms with Crippen LogP contribution in [0.3, 0.4) is 0 Å². The summed E-state index contributed by atoms with van der Waals surface area (Å²) in [7, 11) is 0. The lowest BCUT2D eigenvalue weighted by Crippen LogP contribution is -2.34. The largest absolute Gasteiger partial charge is 0.464 e. The minimum absolute atomic E-state index is 0.316. The summed E-state index contributed by atoms with van der Waals surface area (Å²) in [5, 5.41) is 0. The van der Waals surface area contributed by atoms with Crippen LogP contribution in [0.2, 0.25) is 0 Å². The zero-order valence-electron chi connectivity index (χ0n) is 9.36. The first-order valence-corrected chi connectivity index (χ1v) is 5.61. The van der Waals surface area contributed by atoms with Crippen LogP contribution in [0.1, 0.15) is 32.4 Å². The van der Waals surface area contributed by atoms with Gasteiger partial charge in [-0.3, -0.25) is 0 Å². The van der Waals surface area contributed by atoms with Crippen LogP contribution >= 0.6 is 0 Å². The summed E-state index contributed by atoms with van der Waals surface area (Å²) in [4.78, 5) is 0. The van der Waals surface area contributed by atoms with Crippen LogP contribution < -0.4 is 0 Å². The Balaban J connectivity index is 2.24. The van der Waals surface area contributed by atoms with Crippen molar-refractivity contribution in [2.24, 2.45) is 5.92 Å². The lowest BCUT2D eigenvalue weighted by Gasteiger charge is -2.31. The van der Waals surface area contributed by atoms with Gasteiger partial charge in [-0.15, -0.1) is 0 Å². The standard InChI is InChI=1S/C12H18O3/c1-3-5-10(2)12(14-8-9-15-12)11-6-4-7-13-11/h4,6-7,10H,3,5,8-9H2,1-2H3. The molecule has 0 amide bonds. The molecule has 84 valence electrons. The summed E-state index contributed by atoms with van der Waals surface area (Å²) in [5.74, 6) is 0.469. The molecule has 0 aliphatic carbocycles. The second kappa shape index (κ2) is 4.37. The molecule has 0 aromatic carbocycles. The Kier molecular flexibility index (Phi) is 3.12. The van der Waals surface area contributed by atoms with Crippen LogP contribution in [-0.4, -0.2) is 13.2 Å². The van der Waals surface area contributed by atoms with Crippen LogP contribution in [0.4, 0.5) is 0 Å². The van der Waals surface area contributed by atoms with Crippen LogP contribution in [0.15, 0.2) is 22.8 Å². The third kappa shape index (κ3) is 1.82. The molecule has 0 radical (unpaired) electrons. The molecule has 0 spiro atoms. The highest BCUT2D eigenvalue weighted by atomic mass is 16.7. The van der Waals surface area contributed by atoms with Crippen LogP contribution in [0.5, 0.6) is 0 Å². The Morgan fingerprint density at radius 3 is 2.67 bits per heavy atom. The highest BCUT2D eigenvalue weighted by molar-refractivity contribution is 5.08. The quantitative estimate of drug-likeness (QED) is 0.765.